The molecule has 2 atom stereocenters. The number of ether oxygens (including phenoxy) is 3. The lowest BCUT2D eigenvalue weighted by Crippen LogP contribution is -2.50. The molecule has 4 aromatic carbocycles. The Morgan fingerprint density at radius 3 is 2.34 bits per heavy atom. The van der Waals surface area contributed by atoms with Gasteiger partial charge in [-0.3, -0.25) is 0 Å². The van der Waals surface area contributed by atoms with Gasteiger partial charge < -0.3 is 19.5 Å². The molecular weight excluding hydrogens is 501 g/mol. The third-order valence-electron chi connectivity index (χ3n) is 6.71. The van der Waals surface area contributed by atoms with Gasteiger partial charge in [0.25, 0.3) is 0 Å². The maximum atomic E-state index is 13.3. The number of rotatable bonds is 9. The largest absolute Gasteiger partial charge is 0.485 e. The van der Waals surface area contributed by atoms with Gasteiger partial charge in [-0.05, 0) is 66.9 Å². The molecule has 4 nitrogen and oxygen atoms in total. The number of fused-ring (bicyclic) bond motifs is 1. The lowest BCUT2D eigenvalue weighted by atomic mass is 9.87. The number of nitrogens with one attached hydrogen (secondary N) is 1. The molecule has 196 valence electrons. The van der Waals surface area contributed by atoms with Crippen molar-refractivity contribution in [3.63, 3.8) is 0 Å². The van der Waals surface area contributed by atoms with Gasteiger partial charge in [-0.15, -0.1) is 0 Å². The summed E-state index contributed by atoms with van der Waals surface area (Å²) in [5, 5.41) is 4.10. The fraction of sp³-hybridized carbons (Fsp3) is 0.250. The van der Waals surface area contributed by atoms with Gasteiger partial charge in [-0.2, -0.15) is 0 Å². The van der Waals surface area contributed by atoms with Gasteiger partial charge in [-0.1, -0.05) is 72.3 Å². The van der Waals surface area contributed by atoms with E-state index in [0.717, 1.165) is 33.7 Å². The molecule has 6 heteroatoms. The first kappa shape index (κ1) is 26.2. The normalized spacial score (nSPS) is 17.9. The minimum atomic E-state index is -0.654. The molecule has 0 bridgehead atoms. The molecule has 0 saturated carbocycles. The summed E-state index contributed by atoms with van der Waals surface area (Å²) in [6.45, 7) is 5.37. The molecule has 1 aliphatic heterocycles. The summed E-state index contributed by atoms with van der Waals surface area (Å²) in [4.78, 5) is 0. The maximum absolute atomic E-state index is 13.3. The number of hydrogen-bond acceptors (Lipinski definition) is 4. The molecule has 0 saturated heterocycles. The standard InChI is InChI=1S/C32H31ClFNO3/c1-32(2)31(37-21-24-10-6-7-11-28(24)33)30(36-20-23-8-4-3-5-9-23)27-18-26(16-17-29(27)38-32)35-19-22-12-14-25(34)15-13-22/h3-18,30-31,35H,19-21H2,1-2H3. The lowest BCUT2D eigenvalue weighted by molar-refractivity contribution is -0.170. The van der Waals surface area contributed by atoms with E-state index in [4.69, 9.17) is 25.8 Å². The van der Waals surface area contributed by atoms with Crippen molar-refractivity contribution in [2.45, 2.75) is 51.4 Å². The van der Waals surface area contributed by atoms with Crippen LogP contribution in [-0.2, 0) is 29.2 Å². The Morgan fingerprint density at radius 2 is 1.58 bits per heavy atom. The highest BCUT2D eigenvalue weighted by molar-refractivity contribution is 6.31. The summed E-state index contributed by atoms with van der Waals surface area (Å²) in [5.74, 6) is 0.515. The summed E-state index contributed by atoms with van der Waals surface area (Å²) in [6, 6.07) is 30.3. The van der Waals surface area contributed by atoms with Gasteiger partial charge in [0.15, 0.2) is 0 Å². The van der Waals surface area contributed by atoms with E-state index < -0.39 is 11.7 Å². The van der Waals surface area contributed by atoms with Crippen LogP contribution in [-0.4, -0.2) is 11.7 Å². The van der Waals surface area contributed by atoms with Crippen molar-refractivity contribution in [2.24, 2.45) is 0 Å². The zero-order valence-electron chi connectivity index (χ0n) is 21.5. The van der Waals surface area contributed by atoms with E-state index in [1.165, 1.54) is 12.1 Å². The van der Waals surface area contributed by atoms with Crippen LogP contribution in [0.2, 0.25) is 5.02 Å². The van der Waals surface area contributed by atoms with Crippen LogP contribution in [0.15, 0.2) is 97.1 Å². The van der Waals surface area contributed by atoms with Crippen molar-refractivity contribution in [3.8, 4) is 5.75 Å². The minimum absolute atomic E-state index is 0.247. The van der Waals surface area contributed by atoms with Crippen molar-refractivity contribution in [1.29, 1.82) is 0 Å². The van der Waals surface area contributed by atoms with Crippen LogP contribution in [0.4, 0.5) is 10.1 Å². The van der Waals surface area contributed by atoms with Gasteiger partial charge in [-0.25, -0.2) is 4.39 Å². The molecular formula is C32H31ClFNO3. The second-order valence-electron chi connectivity index (χ2n) is 9.98. The lowest BCUT2D eigenvalue weighted by Gasteiger charge is -2.44. The molecule has 38 heavy (non-hydrogen) atoms. The van der Waals surface area contributed by atoms with Crippen molar-refractivity contribution >= 4 is 17.3 Å². The number of anilines is 1. The number of halogens is 2. The van der Waals surface area contributed by atoms with Gasteiger partial charge in [0.05, 0.1) is 13.2 Å². The van der Waals surface area contributed by atoms with E-state index in [1.54, 1.807) is 12.1 Å². The highest BCUT2D eigenvalue weighted by atomic mass is 35.5. The van der Waals surface area contributed by atoms with Gasteiger partial charge >= 0.3 is 0 Å². The zero-order valence-corrected chi connectivity index (χ0v) is 22.3. The molecule has 0 aliphatic carbocycles. The van der Waals surface area contributed by atoms with Crippen LogP contribution in [0.1, 0.15) is 42.2 Å². The predicted octanol–water partition coefficient (Wildman–Crippen LogP) is 8.11. The van der Waals surface area contributed by atoms with E-state index in [9.17, 15) is 4.39 Å². The average Bonchev–Trinajstić information content (AvgIpc) is 2.92. The Morgan fingerprint density at radius 1 is 0.842 bits per heavy atom. The zero-order chi connectivity index (χ0) is 26.5. The monoisotopic (exact) mass is 531 g/mol. The summed E-state index contributed by atoms with van der Waals surface area (Å²) in [6.07, 6.45) is -0.786. The van der Waals surface area contributed by atoms with Gasteiger partial charge in [0.2, 0.25) is 0 Å². The summed E-state index contributed by atoms with van der Waals surface area (Å²) < 4.78 is 32.9. The summed E-state index contributed by atoms with van der Waals surface area (Å²) in [5.41, 5.74) is 4.14. The molecule has 0 spiro atoms. The van der Waals surface area contributed by atoms with E-state index >= 15 is 0 Å². The Kier molecular flexibility index (Phi) is 7.98. The van der Waals surface area contributed by atoms with Crippen LogP contribution < -0.4 is 10.1 Å². The third kappa shape index (κ3) is 6.18. The number of benzene rings is 4. The van der Waals surface area contributed by atoms with E-state index in [1.807, 2.05) is 80.6 Å². The number of hydrogen-bond donors (Lipinski definition) is 1. The quantitative estimate of drug-likeness (QED) is 0.237. The molecule has 4 aromatic rings. The van der Waals surface area contributed by atoms with Crippen LogP contribution in [0.5, 0.6) is 5.75 Å². The molecule has 1 aliphatic rings. The fourth-order valence-corrected chi connectivity index (χ4v) is 4.86. The molecule has 2 unspecified atom stereocenters. The van der Waals surface area contributed by atoms with Gasteiger partial charge in [0, 0.05) is 22.8 Å². The van der Waals surface area contributed by atoms with Crippen molar-refractivity contribution < 1.29 is 18.6 Å². The first-order valence-corrected chi connectivity index (χ1v) is 13.1. The van der Waals surface area contributed by atoms with Crippen LogP contribution in [0.3, 0.4) is 0 Å². The molecule has 0 radical (unpaired) electrons. The minimum Gasteiger partial charge on any atom is -0.485 e. The van der Waals surface area contributed by atoms with Gasteiger partial charge in [0.1, 0.15) is 29.4 Å². The summed E-state index contributed by atoms with van der Waals surface area (Å²) in [7, 11) is 0. The van der Waals surface area contributed by atoms with Crippen LogP contribution in [0.25, 0.3) is 0 Å². The predicted molar refractivity (Wildman–Crippen MR) is 149 cm³/mol. The first-order valence-electron chi connectivity index (χ1n) is 12.7. The van der Waals surface area contributed by atoms with Crippen molar-refractivity contribution in [3.05, 3.63) is 130 Å². The Bertz CT molecular complexity index is 1360. The molecule has 0 aromatic heterocycles. The van der Waals surface area contributed by atoms with Crippen LogP contribution >= 0.6 is 11.6 Å². The highest BCUT2D eigenvalue weighted by Crippen LogP contribution is 2.45. The SMILES string of the molecule is CC1(C)Oc2ccc(NCc3ccc(F)cc3)cc2C(OCc2ccccc2)C1OCc1ccccc1Cl. The average molecular weight is 532 g/mol. The first-order chi connectivity index (χ1) is 18.4. The summed E-state index contributed by atoms with van der Waals surface area (Å²) >= 11 is 6.41. The third-order valence-corrected chi connectivity index (χ3v) is 7.08. The highest BCUT2D eigenvalue weighted by Gasteiger charge is 2.45. The van der Waals surface area contributed by atoms with E-state index in [-0.39, 0.29) is 11.9 Å². The van der Waals surface area contributed by atoms with E-state index in [0.29, 0.717) is 24.8 Å². The smallest absolute Gasteiger partial charge is 0.132 e. The molecule has 5 rings (SSSR count). The molecule has 0 fully saturated rings. The molecule has 1 heterocycles. The Hall–Kier alpha value is -3.38. The van der Waals surface area contributed by atoms with Crippen molar-refractivity contribution in [1.82, 2.24) is 0 Å². The Balaban J connectivity index is 1.42. The van der Waals surface area contributed by atoms with E-state index in [2.05, 4.69) is 11.4 Å². The molecule has 1 N–H and O–H groups in total. The van der Waals surface area contributed by atoms with Crippen LogP contribution in [0, 0.1) is 5.82 Å². The molecule has 0 amide bonds. The second kappa shape index (κ2) is 11.6. The Labute approximate surface area is 228 Å². The second-order valence-corrected chi connectivity index (χ2v) is 10.4. The fourth-order valence-electron chi connectivity index (χ4n) is 4.67. The topological polar surface area (TPSA) is 39.7 Å². The maximum Gasteiger partial charge on any atom is 0.132 e. The van der Waals surface area contributed by atoms with Crippen molar-refractivity contribution in [2.75, 3.05) is 5.32 Å².